The van der Waals surface area contributed by atoms with Gasteiger partial charge in [0, 0.05) is 0 Å². The van der Waals surface area contributed by atoms with Crippen molar-refractivity contribution < 1.29 is 49.3 Å². The van der Waals surface area contributed by atoms with Crippen molar-refractivity contribution in [2.75, 3.05) is 59.5 Å². The maximum atomic E-state index is 6.01. The molecule has 0 fully saturated rings. The van der Waals surface area contributed by atoms with E-state index in [0.29, 0.717) is 0 Å². The molecule has 0 bridgehead atoms. The zero-order valence-electron chi connectivity index (χ0n) is 18.8. The van der Waals surface area contributed by atoms with Gasteiger partial charge < -0.3 is 0 Å². The monoisotopic (exact) mass is 482 g/mol. The van der Waals surface area contributed by atoms with Crippen LogP contribution in [-0.4, -0.2) is 59.5 Å². The molecule has 28 heavy (non-hydrogen) atoms. The molecule has 0 N–H and O–H groups in total. The molecule has 0 aliphatic rings. The number of hydrogen-bond acceptors (Lipinski definition) is 6. The van der Waals surface area contributed by atoms with Crippen LogP contribution in [0.15, 0.2) is 0 Å². The molecule has 0 heterocycles. The van der Waals surface area contributed by atoms with Crippen molar-refractivity contribution in [2.24, 2.45) is 0 Å². The molecule has 0 aromatic carbocycles. The minimum atomic E-state index is -2.78. The van der Waals surface area contributed by atoms with Crippen LogP contribution in [0.1, 0.15) is 78.6 Å². The molecule has 0 radical (unpaired) electrons. The molecule has 0 aliphatic carbocycles. The second-order valence-electron chi connectivity index (χ2n) is 6.67. The summed E-state index contributed by atoms with van der Waals surface area (Å²) in [4.78, 5) is 0. The summed E-state index contributed by atoms with van der Waals surface area (Å²) >= 11 is -2.78. The van der Waals surface area contributed by atoms with Gasteiger partial charge in [-0.15, -0.1) is 0 Å². The summed E-state index contributed by atoms with van der Waals surface area (Å²) in [5.41, 5.74) is 0. The van der Waals surface area contributed by atoms with Gasteiger partial charge in [-0.25, -0.2) is 0 Å². The average Bonchev–Trinajstić information content (AvgIpc) is 2.71. The van der Waals surface area contributed by atoms with Gasteiger partial charge in [-0.05, 0) is 0 Å². The molecule has 0 aliphatic heterocycles. The summed E-state index contributed by atoms with van der Waals surface area (Å²) in [6, 6.07) is 0. The fourth-order valence-corrected chi connectivity index (χ4v) is 5.92. The Balaban J connectivity index is 3.80. The van der Waals surface area contributed by atoms with E-state index < -0.39 is 29.0 Å². The van der Waals surface area contributed by atoms with Gasteiger partial charge >= 0.3 is 187 Å². The predicted octanol–water partition coefficient (Wildman–Crippen LogP) is 5.02. The van der Waals surface area contributed by atoms with E-state index in [0.717, 1.165) is 117 Å². The molecule has 0 unspecified atom stereocenters. The Morgan fingerprint density at radius 2 is 0.679 bits per heavy atom. The van der Waals surface area contributed by atoms with Crippen LogP contribution in [-0.2, 0) is 49.3 Å². The zero-order chi connectivity index (χ0) is 20.5. The van der Waals surface area contributed by atoms with Crippen molar-refractivity contribution in [2.45, 2.75) is 78.6 Å². The second kappa shape index (κ2) is 25.9. The van der Waals surface area contributed by atoms with Crippen molar-refractivity contribution in [1.29, 1.82) is 0 Å². The first kappa shape index (κ1) is 28.9. The number of ether oxygens (including phenoxy) is 3. The Hall–Kier alpha value is 0.864. The third kappa shape index (κ3) is 23.1. The van der Waals surface area contributed by atoms with Gasteiger partial charge in [-0.3, -0.25) is 0 Å². The Labute approximate surface area is 186 Å². The van der Waals surface area contributed by atoms with Crippen molar-refractivity contribution in [1.82, 2.24) is 0 Å². The van der Waals surface area contributed by atoms with Gasteiger partial charge in [0.2, 0.25) is 0 Å². The molecule has 6 nitrogen and oxygen atoms in total. The molecule has 0 aromatic rings. The first-order chi connectivity index (χ1) is 13.8. The van der Waals surface area contributed by atoms with Crippen LogP contribution in [0.2, 0.25) is 0 Å². The van der Waals surface area contributed by atoms with Crippen LogP contribution in [0.25, 0.3) is 0 Å². The van der Waals surface area contributed by atoms with E-state index in [1.165, 1.54) is 0 Å². The van der Waals surface area contributed by atoms with Gasteiger partial charge in [0.15, 0.2) is 0 Å². The summed E-state index contributed by atoms with van der Waals surface area (Å²) < 4.78 is 34.1. The molecule has 0 rings (SSSR count). The van der Waals surface area contributed by atoms with Crippen molar-refractivity contribution in [3.8, 4) is 0 Å². The molecule has 7 heteroatoms. The second-order valence-corrected chi connectivity index (χ2v) is 10.6. The molecule has 0 aromatic heterocycles. The molecular weight excluding hydrogens is 437 g/mol. The van der Waals surface area contributed by atoms with E-state index >= 15 is 0 Å². The van der Waals surface area contributed by atoms with Crippen LogP contribution >= 0.6 is 0 Å². The normalized spacial score (nSPS) is 11.2. The average molecular weight is 482 g/mol. The van der Waals surface area contributed by atoms with E-state index in [2.05, 4.69) is 0 Å². The summed E-state index contributed by atoms with van der Waals surface area (Å²) in [5.74, 6) is 0. The summed E-state index contributed by atoms with van der Waals surface area (Å²) in [7, 11) is 0. The van der Waals surface area contributed by atoms with Crippen LogP contribution in [0, 0.1) is 0 Å². The molecule has 168 valence electrons. The van der Waals surface area contributed by atoms with Gasteiger partial charge in [-0.1, -0.05) is 0 Å². The van der Waals surface area contributed by atoms with E-state index in [1.54, 1.807) is 0 Å². The van der Waals surface area contributed by atoms with Crippen LogP contribution in [0.3, 0.4) is 0 Å². The van der Waals surface area contributed by atoms with Gasteiger partial charge in [0.25, 0.3) is 0 Å². The quantitative estimate of drug-likeness (QED) is 0.180. The van der Waals surface area contributed by atoms with Crippen LogP contribution in [0.5, 0.6) is 0 Å². The SMILES string of the molecule is CCOCCCCC[O][Y]([O]CCCCCOCC)[O]CCCCCOCC. The molecule has 0 spiro atoms. The Kier molecular flexibility index (Phi) is 26.7. The van der Waals surface area contributed by atoms with Gasteiger partial charge in [0.1, 0.15) is 0 Å². The maximum absolute atomic E-state index is 6.01. The van der Waals surface area contributed by atoms with Crippen molar-refractivity contribution in [3.63, 3.8) is 0 Å². The van der Waals surface area contributed by atoms with Gasteiger partial charge in [-0.2, -0.15) is 0 Å². The topological polar surface area (TPSA) is 55.4 Å². The standard InChI is InChI=1S/3C7H15O2.Y/c3*1-2-9-7-5-3-4-6-8;/h3*2-7H2,1H3;/q3*-1;+3. The van der Waals surface area contributed by atoms with Crippen molar-refractivity contribution >= 4 is 0 Å². The summed E-state index contributed by atoms with van der Waals surface area (Å²) in [6.07, 6.45) is 9.84. The zero-order valence-corrected chi connectivity index (χ0v) is 21.6. The summed E-state index contributed by atoms with van der Waals surface area (Å²) in [6.45, 7) is 13.3. The Morgan fingerprint density at radius 1 is 0.393 bits per heavy atom. The predicted molar refractivity (Wildman–Crippen MR) is 109 cm³/mol. The molecule has 0 saturated heterocycles. The number of rotatable bonds is 24. The minimum absolute atomic E-state index is 0.752. The molecule has 0 saturated carbocycles. The fourth-order valence-electron chi connectivity index (χ4n) is 2.56. The van der Waals surface area contributed by atoms with Crippen LogP contribution < -0.4 is 0 Å². The van der Waals surface area contributed by atoms with E-state index in [9.17, 15) is 0 Å². The third-order valence-corrected chi connectivity index (χ3v) is 7.92. The fraction of sp³-hybridized carbons (Fsp3) is 1.00. The third-order valence-electron chi connectivity index (χ3n) is 4.17. The van der Waals surface area contributed by atoms with Crippen molar-refractivity contribution in [3.05, 3.63) is 0 Å². The first-order valence-electron chi connectivity index (χ1n) is 11.4. The molecular formula is C21H45O6Y. The number of unbranched alkanes of at least 4 members (excludes halogenated alkanes) is 6. The first-order valence-corrected chi connectivity index (χ1v) is 14.9. The van der Waals surface area contributed by atoms with E-state index in [4.69, 9.17) is 20.4 Å². The molecule has 0 atom stereocenters. The molecule has 0 amide bonds. The van der Waals surface area contributed by atoms with Crippen LogP contribution in [0.4, 0.5) is 0 Å². The number of hydrogen-bond donors (Lipinski definition) is 0. The van der Waals surface area contributed by atoms with Gasteiger partial charge in [0.05, 0.1) is 0 Å². The van der Waals surface area contributed by atoms with E-state index in [-0.39, 0.29) is 0 Å². The Bertz CT molecular complexity index is 241. The Morgan fingerprint density at radius 3 is 0.964 bits per heavy atom. The van der Waals surface area contributed by atoms with E-state index in [1.807, 2.05) is 20.8 Å². The summed E-state index contributed by atoms with van der Waals surface area (Å²) in [5, 5.41) is 0.